The van der Waals surface area contributed by atoms with Crippen molar-refractivity contribution in [1.82, 2.24) is 4.90 Å². The second-order valence-corrected chi connectivity index (χ2v) is 5.74. The van der Waals surface area contributed by atoms with E-state index in [0.717, 1.165) is 0 Å². The molecule has 2 N–H and O–H groups in total. The molecule has 0 fully saturated rings. The number of hydrogen-bond donors (Lipinski definition) is 1. The molecule has 90 valence electrons. The van der Waals surface area contributed by atoms with Crippen molar-refractivity contribution < 1.29 is 9.00 Å². The summed E-state index contributed by atoms with van der Waals surface area (Å²) in [5.74, 6) is 0.394. The van der Waals surface area contributed by atoms with Crippen LogP contribution in [-0.2, 0) is 15.6 Å². The molecule has 15 heavy (non-hydrogen) atoms. The third kappa shape index (κ3) is 6.62. The third-order valence-corrected chi connectivity index (χ3v) is 3.57. The minimum atomic E-state index is -1.16. The van der Waals surface area contributed by atoms with Crippen LogP contribution in [-0.4, -0.2) is 45.2 Å². The Balaban J connectivity index is 4.13. The molecule has 1 unspecified atom stereocenters. The summed E-state index contributed by atoms with van der Waals surface area (Å²) in [5, 5.41) is 0. The van der Waals surface area contributed by atoms with Crippen molar-refractivity contribution in [2.45, 2.75) is 33.2 Å². The summed E-state index contributed by atoms with van der Waals surface area (Å²) in [6.07, 6.45) is 0. The average molecular weight is 234 g/mol. The van der Waals surface area contributed by atoms with Gasteiger partial charge in [0.15, 0.2) is 0 Å². The van der Waals surface area contributed by atoms with Crippen LogP contribution in [0.1, 0.15) is 27.7 Å². The van der Waals surface area contributed by atoms with Crippen molar-refractivity contribution in [2.75, 3.05) is 24.6 Å². The van der Waals surface area contributed by atoms with Crippen LogP contribution in [0.4, 0.5) is 0 Å². The molecule has 0 aliphatic heterocycles. The highest BCUT2D eigenvalue weighted by Crippen LogP contribution is 2.01. The van der Waals surface area contributed by atoms with E-state index in [9.17, 15) is 9.00 Å². The van der Waals surface area contributed by atoms with Gasteiger partial charge >= 0.3 is 0 Å². The second-order valence-electron chi connectivity index (χ2n) is 4.28. The Hall–Kier alpha value is -0.420. The zero-order valence-electron chi connectivity index (χ0n) is 10.1. The lowest BCUT2D eigenvalue weighted by Crippen LogP contribution is -2.41. The number of nitrogens with zero attached hydrogens (tertiary/aromatic N) is 1. The quantitative estimate of drug-likeness (QED) is 0.721. The van der Waals surface area contributed by atoms with Crippen LogP contribution in [0, 0.1) is 0 Å². The molecule has 1 atom stereocenters. The molecule has 0 rings (SSSR count). The average Bonchev–Trinajstić information content (AvgIpc) is 2.02. The number of rotatable bonds is 6. The van der Waals surface area contributed by atoms with Crippen molar-refractivity contribution in [3.63, 3.8) is 0 Å². The lowest BCUT2D eigenvalue weighted by Gasteiger charge is -2.21. The molecule has 0 radical (unpaired) electrons. The van der Waals surface area contributed by atoms with Gasteiger partial charge in [-0.2, -0.15) is 0 Å². The number of nitrogens with two attached hydrogens (primary N) is 1. The molecule has 5 heteroatoms. The van der Waals surface area contributed by atoms with Crippen LogP contribution in [0.15, 0.2) is 0 Å². The Bertz CT molecular complexity index is 232. The van der Waals surface area contributed by atoms with E-state index in [1.165, 1.54) is 0 Å². The number of hydrogen-bond acceptors (Lipinski definition) is 3. The Morgan fingerprint density at radius 3 is 2.13 bits per heavy atom. The Morgan fingerprint density at radius 1 is 1.33 bits per heavy atom. The van der Waals surface area contributed by atoms with Crippen LogP contribution in [0.25, 0.3) is 0 Å². The fourth-order valence-electron chi connectivity index (χ4n) is 1.27. The first-order valence-electron chi connectivity index (χ1n) is 5.21. The molecular formula is C10H22N2O2S. The standard InChI is InChI=1S/C10H22N2O2S/c1-5-12(6-2)9(13)7-15(14)8-10(3,4)11/h5-8,11H2,1-4H3. The zero-order chi connectivity index (χ0) is 12.1. The topological polar surface area (TPSA) is 63.4 Å². The van der Waals surface area contributed by atoms with Gasteiger partial charge in [-0.3, -0.25) is 9.00 Å². The summed E-state index contributed by atoms with van der Waals surface area (Å²) in [6, 6.07) is 0. The summed E-state index contributed by atoms with van der Waals surface area (Å²) >= 11 is 0. The van der Waals surface area contributed by atoms with Crippen molar-refractivity contribution in [3.8, 4) is 0 Å². The zero-order valence-corrected chi connectivity index (χ0v) is 10.9. The predicted molar refractivity (Wildman–Crippen MR) is 64.1 cm³/mol. The molecule has 0 aromatic rings. The van der Waals surface area contributed by atoms with Gasteiger partial charge < -0.3 is 10.6 Å². The van der Waals surface area contributed by atoms with E-state index in [2.05, 4.69) is 0 Å². The van der Waals surface area contributed by atoms with Crippen LogP contribution in [0.3, 0.4) is 0 Å². The fourth-order valence-corrected chi connectivity index (χ4v) is 2.66. The van der Waals surface area contributed by atoms with Gasteiger partial charge in [0, 0.05) is 35.2 Å². The Labute approximate surface area is 94.7 Å². The first-order valence-corrected chi connectivity index (χ1v) is 6.70. The molecule has 0 heterocycles. The second kappa shape index (κ2) is 6.23. The van der Waals surface area contributed by atoms with Gasteiger partial charge in [0.1, 0.15) is 5.75 Å². The minimum absolute atomic E-state index is 0.0532. The first-order chi connectivity index (χ1) is 6.80. The number of amides is 1. The highest BCUT2D eigenvalue weighted by atomic mass is 32.2. The molecule has 4 nitrogen and oxygen atoms in total. The van der Waals surface area contributed by atoms with E-state index in [4.69, 9.17) is 5.73 Å². The van der Waals surface area contributed by atoms with Crippen LogP contribution < -0.4 is 5.73 Å². The predicted octanol–water partition coefficient (Wildman–Crippen LogP) is 0.341. The lowest BCUT2D eigenvalue weighted by molar-refractivity contribution is -0.128. The highest BCUT2D eigenvalue weighted by molar-refractivity contribution is 7.85. The molecular weight excluding hydrogens is 212 g/mol. The fraction of sp³-hybridized carbons (Fsp3) is 0.900. The molecule has 0 aliphatic carbocycles. The largest absolute Gasteiger partial charge is 0.342 e. The van der Waals surface area contributed by atoms with E-state index < -0.39 is 16.3 Å². The molecule has 0 saturated heterocycles. The smallest absolute Gasteiger partial charge is 0.235 e. The maximum atomic E-state index is 11.6. The Morgan fingerprint density at radius 2 is 1.80 bits per heavy atom. The lowest BCUT2D eigenvalue weighted by atomic mass is 10.1. The van der Waals surface area contributed by atoms with Crippen LogP contribution >= 0.6 is 0 Å². The maximum absolute atomic E-state index is 11.6. The minimum Gasteiger partial charge on any atom is -0.342 e. The van der Waals surface area contributed by atoms with Gasteiger partial charge in [-0.15, -0.1) is 0 Å². The summed E-state index contributed by atoms with van der Waals surface area (Å²) in [5.41, 5.74) is 5.26. The summed E-state index contributed by atoms with van der Waals surface area (Å²) in [6.45, 7) is 8.78. The molecule has 0 aromatic carbocycles. The van der Waals surface area contributed by atoms with Gasteiger partial charge in [0.05, 0.1) is 0 Å². The summed E-state index contributed by atoms with van der Waals surface area (Å²) in [7, 11) is -1.16. The van der Waals surface area contributed by atoms with Gasteiger partial charge in [-0.1, -0.05) is 0 Å². The van der Waals surface area contributed by atoms with E-state index in [-0.39, 0.29) is 11.7 Å². The highest BCUT2D eigenvalue weighted by Gasteiger charge is 2.19. The van der Waals surface area contributed by atoms with E-state index in [0.29, 0.717) is 18.8 Å². The number of carbonyl (C=O) groups excluding carboxylic acids is 1. The molecule has 0 spiro atoms. The van der Waals surface area contributed by atoms with Crippen molar-refractivity contribution in [1.29, 1.82) is 0 Å². The molecule has 0 bridgehead atoms. The normalized spacial score (nSPS) is 13.7. The van der Waals surface area contributed by atoms with Crippen LogP contribution in [0.5, 0.6) is 0 Å². The van der Waals surface area contributed by atoms with E-state index >= 15 is 0 Å². The van der Waals surface area contributed by atoms with Gasteiger partial charge in [0.2, 0.25) is 5.91 Å². The van der Waals surface area contributed by atoms with Gasteiger partial charge in [-0.25, -0.2) is 0 Å². The van der Waals surface area contributed by atoms with Crippen molar-refractivity contribution >= 4 is 16.7 Å². The van der Waals surface area contributed by atoms with Crippen LogP contribution in [0.2, 0.25) is 0 Å². The van der Waals surface area contributed by atoms with Gasteiger partial charge in [-0.05, 0) is 27.7 Å². The molecule has 0 aromatic heterocycles. The van der Waals surface area contributed by atoms with E-state index in [1.807, 2.05) is 27.7 Å². The number of carbonyl (C=O) groups is 1. The SMILES string of the molecule is CCN(CC)C(=O)CS(=O)CC(C)(C)N. The third-order valence-electron chi connectivity index (χ3n) is 1.93. The molecule has 0 aliphatic rings. The van der Waals surface area contributed by atoms with Gasteiger partial charge in [0.25, 0.3) is 0 Å². The van der Waals surface area contributed by atoms with Crippen molar-refractivity contribution in [2.24, 2.45) is 5.73 Å². The molecule has 0 saturated carbocycles. The summed E-state index contributed by atoms with van der Waals surface area (Å²) < 4.78 is 11.6. The van der Waals surface area contributed by atoms with Crippen molar-refractivity contribution in [3.05, 3.63) is 0 Å². The summed E-state index contributed by atoms with van der Waals surface area (Å²) in [4.78, 5) is 13.3. The molecule has 1 amide bonds. The Kier molecular flexibility index (Phi) is 6.05. The van der Waals surface area contributed by atoms with E-state index in [1.54, 1.807) is 4.90 Å². The first kappa shape index (κ1) is 14.6. The monoisotopic (exact) mass is 234 g/mol. The maximum Gasteiger partial charge on any atom is 0.235 e.